The standard InChI is InChI=1S/C22H27N3O2/c1-16-7-10-18(11-8-16)15-25-20-6-4-3-5-19(20)24-21(25)13-14-23-22(27)12-9-17(2)26/h3-8,10-11,17,26H,9,12-15H2,1-2H3,(H,23,27). The maximum Gasteiger partial charge on any atom is 0.220 e. The molecule has 1 aromatic heterocycles. The van der Waals surface area contributed by atoms with Crippen molar-refractivity contribution in [3.05, 3.63) is 65.5 Å². The van der Waals surface area contributed by atoms with Crippen molar-refractivity contribution in [2.75, 3.05) is 6.54 Å². The van der Waals surface area contributed by atoms with Gasteiger partial charge in [0, 0.05) is 25.9 Å². The van der Waals surface area contributed by atoms with Gasteiger partial charge in [-0.15, -0.1) is 0 Å². The molecular formula is C22H27N3O2. The lowest BCUT2D eigenvalue weighted by atomic mass is 10.1. The van der Waals surface area contributed by atoms with E-state index in [1.165, 1.54) is 11.1 Å². The molecule has 0 spiro atoms. The predicted molar refractivity (Wildman–Crippen MR) is 108 cm³/mol. The first-order chi connectivity index (χ1) is 13.0. The van der Waals surface area contributed by atoms with Crippen LogP contribution in [0, 0.1) is 6.92 Å². The summed E-state index contributed by atoms with van der Waals surface area (Å²) in [4.78, 5) is 16.6. The highest BCUT2D eigenvalue weighted by atomic mass is 16.3. The van der Waals surface area contributed by atoms with E-state index in [2.05, 4.69) is 47.1 Å². The van der Waals surface area contributed by atoms with Crippen LogP contribution in [0.1, 0.15) is 36.7 Å². The van der Waals surface area contributed by atoms with Gasteiger partial charge in [0.1, 0.15) is 5.82 Å². The van der Waals surface area contributed by atoms with Crippen molar-refractivity contribution in [2.45, 2.75) is 45.8 Å². The Morgan fingerprint density at radius 3 is 2.67 bits per heavy atom. The fourth-order valence-corrected chi connectivity index (χ4v) is 3.11. The Labute approximate surface area is 160 Å². The molecule has 5 nitrogen and oxygen atoms in total. The van der Waals surface area contributed by atoms with Crippen LogP contribution in [0.25, 0.3) is 11.0 Å². The molecule has 0 bridgehead atoms. The summed E-state index contributed by atoms with van der Waals surface area (Å²) in [5.74, 6) is 0.935. The number of rotatable bonds is 8. The van der Waals surface area contributed by atoms with Crippen LogP contribution < -0.4 is 5.32 Å². The Bertz CT molecular complexity index is 898. The maximum atomic E-state index is 11.9. The van der Waals surface area contributed by atoms with Crippen molar-refractivity contribution in [1.82, 2.24) is 14.9 Å². The lowest BCUT2D eigenvalue weighted by Gasteiger charge is -2.11. The SMILES string of the molecule is Cc1ccc(Cn2c(CCNC(=O)CCC(C)O)nc3ccccc32)cc1. The van der Waals surface area contributed by atoms with Crippen LogP contribution in [0.4, 0.5) is 0 Å². The molecule has 1 amide bonds. The zero-order valence-electron chi connectivity index (χ0n) is 16.0. The summed E-state index contributed by atoms with van der Waals surface area (Å²) in [5.41, 5.74) is 4.55. The molecule has 0 fully saturated rings. The molecule has 3 rings (SSSR count). The molecular weight excluding hydrogens is 338 g/mol. The highest BCUT2D eigenvalue weighted by molar-refractivity contribution is 5.76. The van der Waals surface area contributed by atoms with Gasteiger partial charge in [-0.3, -0.25) is 4.79 Å². The average molecular weight is 365 g/mol. The third kappa shape index (κ3) is 5.17. The first-order valence-corrected chi connectivity index (χ1v) is 9.47. The highest BCUT2D eigenvalue weighted by Gasteiger charge is 2.11. The minimum atomic E-state index is -0.450. The molecule has 1 heterocycles. The molecule has 2 N–H and O–H groups in total. The zero-order chi connectivity index (χ0) is 19.2. The summed E-state index contributed by atoms with van der Waals surface area (Å²) < 4.78 is 2.22. The number of imidazole rings is 1. The number of carbonyl (C=O) groups excluding carboxylic acids is 1. The van der Waals surface area contributed by atoms with E-state index in [1.54, 1.807) is 6.92 Å². The lowest BCUT2D eigenvalue weighted by molar-refractivity contribution is -0.121. The number of hydrogen-bond donors (Lipinski definition) is 2. The van der Waals surface area contributed by atoms with E-state index < -0.39 is 6.10 Å². The summed E-state index contributed by atoms with van der Waals surface area (Å²) in [5, 5.41) is 12.2. The average Bonchev–Trinajstić information content (AvgIpc) is 2.99. The minimum absolute atomic E-state index is 0.0305. The van der Waals surface area contributed by atoms with E-state index in [-0.39, 0.29) is 5.91 Å². The molecule has 1 atom stereocenters. The smallest absolute Gasteiger partial charge is 0.220 e. The van der Waals surface area contributed by atoms with Gasteiger partial charge in [0.2, 0.25) is 5.91 Å². The summed E-state index contributed by atoms with van der Waals surface area (Å²) >= 11 is 0. The van der Waals surface area contributed by atoms with Gasteiger partial charge >= 0.3 is 0 Å². The van der Waals surface area contributed by atoms with Gasteiger partial charge in [0.05, 0.1) is 17.1 Å². The molecule has 2 aromatic carbocycles. The van der Waals surface area contributed by atoms with Crippen molar-refractivity contribution in [3.63, 3.8) is 0 Å². The Morgan fingerprint density at radius 2 is 1.93 bits per heavy atom. The number of aliphatic hydroxyl groups is 1. The van der Waals surface area contributed by atoms with E-state index in [1.807, 2.05) is 18.2 Å². The summed E-state index contributed by atoms with van der Waals surface area (Å²) in [6.07, 6.45) is 1.05. The largest absolute Gasteiger partial charge is 0.393 e. The van der Waals surface area contributed by atoms with Gasteiger partial charge in [-0.25, -0.2) is 4.98 Å². The third-order valence-electron chi connectivity index (χ3n) is 4.65. The fourth-order valence-electron chi connectivity index (χ4n) is 3.11. The highest BCUT2D eigenvalue weighted by Crippen LogP contribution is 2.18. The zero-order valence-corrected chi connectivity index (χ0v) is 16.0. The van der Waals surface area contributed by atoms with Crippen molar-refractivity contribution in [1.29, 1.82) is 0 Å². The van der Waals surface area contributed by atoms with E-state index in [0.717, 1.165) is 23.4 Å². The van der Waals surface area contributed by atoms with Gasteiger partial charge in [-0.2, -0.15) is 0 Å². The number of nitrogens with zero attached hydrogens (tertiary/aromatic N) is 2. The van der Waals surface area contributed by atoms with Gasteiger partial charge in [-0.05, 0) is 38.0 Å². The Balaban J connectivity index is 1.72. The van der Waals surface area contributed by atoms with Crippen LogP contribution >= 0.6 is 0 Å². The Hall–Kier alpha value is -2.66. The first kappa shape index (κ1) is 19.1. The van der Waals surface area contributed by atoms with Crippen LogP contribution in [0.2, 0.25) is 0 Å². The fraction of sp³-hybridized carbons (Fsp3) is 0.364. The van der Waals surface area contributed by atoms with Gasteiger partial charge in [0.15, 0.2) is 0 Å². The van der Waals surface area contributed by atoms with Gasteiger partial charge < -0.3 is 15.0 Å². The molecule has 0 aliphatic heterocycles. The minimum Gasteiger partial charge on any atom is -0.393 e. The van der Waals surface area contributed by atoms with Crippen molar-refractivity contribution in [2.24, 2.45) is 0 Å². The second-order valence-electron chi connectivity index (χ2n) is 7.08. The van der Waals surface area contributed by atoms with Crippen LogP contribution in [-0.4, -0.2) is 33.2 Å². The van der Waals surface area contributed by atoms with Crippen LogP contribution in [0.15, 0.2) is 48.5 Å². The van der Waals surface area contributed by atoms with E-state index >= 15 is 0 Å². The molecule has 5 heteroatoms. The molecule has 3 aromatic rings. The van der Waals surface area contributed by atoms with Crippen molar-refractivity contribution in [3.8, 4) is 0 Å². The van der Waals surface area contributed by atoms with Gasteiger partial charge in [0.25, 0.3) is 0 Å². The number of benzene rings is 2. The van der Waals surface area contributed by atoms with E-state index in [9.17, 15) is 9.90 Å². The molecule has 0 aliphatic rings. The Morgan fingerprint density at radius 1 is 1.19 bits per heavy atom. The summed E-state index contributed by atoms with van der Waals surface area (Å²) in [6, 6.07) is 16.7. The second kappa shape index (κ2) is 8.82. The summed E-state index contributed by atoms with van der Waals surface area (Å²) in [7, 11) is 0. The quantitative estimate of drug-likeness (QED) is 0.644. The van der Waals surface area contributed by atoms with Crippen LogP contribution in [0.5, 0.6) is 0 Å². The molecule has 0 saturated heterocycles. The number of hydrogen-bond acceptors (Lipinski definition) is 3. The number of nitrogens with one attached hydrogen (secondary N) is 1. The van der Waals surface area contributed by atoms with Crippen LogP contribution in [0.3, 0.4) is 0 Å². The molecule has 0 aliphatic carbocycles. The molecule has 0 radical (unpaired) electrons. The number of aromatic nitrogens is 2. The van der Waals surface area contributed by atoms with E-state index in [4.69, 9.17) is 4.98 Å². The van der Waals surface area contributed by atoms with Crippen LogP contribution in [-0.2, 0) is 17.8 Å². The Kier molecular flexibility index (Phi) is 6.24. The number of aryl methyl sites for hydroxylation is 1. The molecule has 27 heavy (non-hydrogen) atoms. The first-order valence-electron chi connectivity index (χ1n) is 9.47. The lowest BCUT2D eigenvalue weighted by Crippen LogP contribution is -2.27. The van der Waals surface area contributed by atoms with Crippen molar-refractivity contribution >= 4 is 16.9 Å². The monoisotopic (exact) mass is 365 g/mol. The summed E-state index contributed by atoms with van der Waals surface area (Å²) in [6.45, 7) is 5.07. The van der Waals surface area contributed by atoms with Crippen molar-refractivity contribution < 1.29 is 9.90 Å². The van der Waals surface area contributed by atoms with E-state index in [0.29, 0.717) is 25.8 Å². The maximum absolute atomic E-state index is 11.9. The number of carbonyl (C=O) groups is 1. The predicted octanol–water partition coefficient (Wildman–Crippen LogP) is 3.21. The number of para-hydroxylation sites is 2. The topological polar surface area (TPSA) is 67.2 Å². The molecule has 1 unspecified atom stereocenters. The number of amides is 1. The molecule has 0 saturated carbocycles. The van der Waals surface area contributed by atoms with Gasteiger partial charge in [-0.1, -0.05) is 42.0 Å². The number of fused-ring (bicyclic) bond motifs is 1. The third-order valence-corrected chi connectivity index (χ3v) is 4.65. The number of aliphatic hydroxyl groups excluding tert-OH is 1. The molecule has 142 valence electrons. The normalized spacial score (nSPS) is 12.3. The second-order valence-corrected chi connectivity index (χ2v) is 7.08.